The summed E-state index contributed by atoms with van der Waals surface area (Å²) in [5, 5.41) is 15.4. The lowest BCUT2D eigenvalue weighted by molar-refractivity contribution is -0.371. The van der Waals surface area contributed by atoms with Gasteiger partial charge in [0.15, 0.2) is 0 Å². The number of aryl methyl sites for hydroxylation is 1. The largest absolute Gasteiger partial charge is 0.505 e. The lowest BCUT2D eigenvalue weighted by atomic mass is 9.96. The highest BCUT2D eigenvalue weighted by atomic mass is 16.5. The van der Waals surface area contributed by atoms with Crippen molar-refractivity contribution < 1.29 is 14.8 Å². The van der Waals surface area contributed by atoms with E-state index in [9.17, 15) is 5.11 Å². The second-order valence-corrected chi connectivity index (χ2v) is 6.68. The maximum atomic E-state index is 11.0. The van der Waals surface area contributed by atoms with Gasteiger partial charge < -0.3 is 9.84 Å². The van der Waals surface area contributed by atoms with Crippen LogP contribution in [0.15, 0.2) is 72.9 Å². The first kappa shape index (κ1) is 17.8. The second kappa shape index (κ2) is 7.56. The van der Waals surface area contributed by atoms with Crippen molar-refractivity contribution in [2.24, 2.45) is 0 Å². The zero-order valence-corrected chi connectivity index (χ0v) is 15.8. The normalized spacial score (nSPS) is 11.9. The predicted octanol–water partition coefficient (Wildman–Crippen LogP) is 4.27. The molecule has 0 saturated heterocycles. The number of hydrogen-bond donors (Lipinski definition) is 2. The van der Waals surface area contributed by atoms with Crippen LogP contribution >= 0.6 is 0 Å². The van der Waals surface area contributed by atoms with Crippen molar-refractivity contribution in [1.29, 1.82) is 0 Å². The van der Waals surface area contributed by atoms with Crippen LogP contribution in [0.25, 0.3) is 10.9 Å². The average Bonchev–Trinajstić information content (AvgIpc) is 2.73. The molecule has 0 aliphatic rings. The van der Waals surface area contributed by atoms with E-state index in [0.29, 0.717) is 5.52 Å². The molecule has 140 valence electrons. The maximum absolute atomic E-state index is 11.0. The van der Waals surface area contributed by atoms with Crippen molar-refractivity contribution in [3.63, 3.8) is 0 Å². The second-order valence-electron chi connectivity index (χ2n) is 6.68. The number of anilines is 1. The molecule has 1 atom stereocenters. The molecule has 0 unspecified atom stereocenters. The quantitative estimate of drug-likeness (QED) is 0.549. The third kappa shape index (κ3) is 3.47. The van der Waals surface area contributed by atoms with Crippen LogP contribution in [0, 0.1) is 6.92 Å². The summed E-state index contributed by atoms with van der Waals surface area (Å²) in [5.74, 6) is 1.83. The number of H-pyrrole nitrogens is 1. The van der Waals surface area contributed by atoms with E-state index in [1.54, 1.807) is 13.3 Å². The van der Waals surface area contributed by atoms with E-state index in [0.717, 1.165) is 33.8 Å². The molecule has 4 rings (SSSR count). The van der Waals surface area contributed by atoms with Crippen molar-refractivity contribution in [2.45, 2.75) is 13.0 Å². The number of aromatic hydroxyl groups is 1. The lowest BCUT2D eigenvalue weighted by Crippen LogP contribution is -2.20. The van der Waals surface area contributed by atoms with E-state index >= 15 is 0 Å². The van der Waals surface area contributed by atoms with Gasteiger partial charge in [-0.2, -0.15) is 0 Å². The summed E-state index contributed by atoms with van der Waals surface area (Å²) in [6, 6.07) is 21.2. The third-order valence-electron chi connectivity index (χ3n) is 4.78. The third-order valence-corrected chi connectivity index (χ3v) is 4.78. The fourth-order valence-electron chi connectivity index (χ4n) is 3.34. The van der Waals surface area contributed by atoms with Crippen LogP contribution in [0.4, 0.5) is 5.82 Å². The Morgan fingerprint density at radius 3 is 2.57 bits per heavy atom. The van der Waals surface area contributed by atoms with Crippen LogP contribution in [0.5, 0.6) is 11.5 Å². The van der Waals surface area contributed by atoms with E-state index in [1.165, 1.54) is 0 Å². The van der Waals surface area contributed by atoms with Gasteiger partial charge in [-0.25, -0.2) is 4.98 Å². The fraction of sp³-hybridized carbons (Fsp3) is 0.130. The lowest BCUT2D eigenvalue weighted by Gasteiger charge is -2.18. The highest BCUT2D eigenvalue weighted by molar-refractivity contribution is 5.85. The number of phenolic OH excluding ortho intramolecular Hbond substituents is 1. The van der Waals surface area contributed by atoms with Crippen LogP contribution in [-0.2, 0) is 0 Å². The molecule has 2 aromatic carbocycles. The van der Waals surface area contributed by atoms with Gasteiger partial charge in [-0.05, 0) is 37.3 Å². The average molecular weight is 372 g/mol. The minimum atomic E-state index is -0.268. The number of aromatic nitrogens is 2. The number of pyridine rings is 2. The van der Waals surface area contributed by atoms with Gasteiger partial charge in [0.2, 0.25) is 0 Å². The number of phenols is 1. The molecule has 0 aliphatic heterocycles. The summed E-state index contributed by atoms with van der Waals surface area (Å²) in [6.07, 6.45) is 1.69. The van der Waals surface area contributed by atoms with Crippen molar-refractivity contribution in [1.82, 2.24) is 4.98 Å². The van der Waals surface area contributed by atoms with E-state index in [4.69, 9.17) is 4.74 Å². The van der Waals surface area contributed by atoms with Gasteiger partial charge in [0.1, 0.15) is 23.1 Å². The van der Waals surface area contributed by atoms with E-state index < -0.39 is 0 Å². The SMILES string of the molecule is COc1ccc([C@@H](Nc2cccc(C)[nH+]2)c2ccc3cccnc3c2O)cc1. The highest BCUT2D eigenvalue weighted by Gasteiger charge is 2.24. The Labute approximate surface area is 163 Å². The number of methoxy groups -OCH3 is 1. The molecule has 3 N–H and O–H groups in total. The number of fused-ring (bicyclic) bond motifs is 1. The Hall–Kier alpha value is -3.60. The van der Waals surface area contributed by atoms with Crippen molar-refractivity contribution in [2.75, 3.05) is 12.4 Å². The van der Waals surface area contributed by atoms with Crippen LogP contribution in [0.1, 0.15) is 22.9 Å². The zero-order chi connectivity index (χ0) is 19.5. The number of rotatable bonds is 5. The number of ether oxygens (including phenoxy) is 1. The summed E-state index contributed by atoms with van der Waals surface area (Å²) < 4.78 is 5.28. The van der Waals surface area contributed by atoms with Gasteiger partial charge in [-0.1, -0.05) is 30.3 Å². The van der Waals surface area contributed by atoms with Gasteiger partial charge in [0.05, 0.1) is 12.8 Å². The summed E-state index contributed by atoms with van der Waals surface area (Å²) in [5.41, 5.74) is 3.39. The van der Waals surface area contributed by atoms with Gasteiger partial charge in [0, 0.05) is 28.8 Å². The first-order chi connectivity index (χ1) is 13.7. The molecular weight excluding hydrogens is 350 g/mol. The molecule has 0 radical (unpaired) electrons. The number of nitrogens with one attached hydrogen (secondary N) is 2. The monoisotopic (exact) mass is 372 g/mol. The minimum Gasteiger partial charge on any atom is -0.505 e. The van der Waals surface area contributed by atoms with E-state index in [2.05, 4.69) is 15.3 Å². The number of hydrogen-bond acceptors (Lipinski definition) is 4. The summed E-state index contributed by atoms with van der Waals surface area (Å²) in [7, 11) is 1.65. The Balaban J connectivity index is 1.83. The van der Waals surface area contributed by atoms with Gasteiger partial charge >= 0.3 is 0 Å². The molecule has 2 heterocycles. The van der Waals surface area contributed by atoms with E-state index in [-0.39, 0.29) is 11.8 Å². The molecule has 0 bridgehead atoms. The Morgan fingerprint density at radius 2 is 1.82 bits per heavy atom. The Bertz CT molecular complexity index is 1110. The van der Waals surface area contributed by atoms with Crippen LogP contribution in [-0.4, -0.2) is 17.2 Å². The van der Waals surface area contributed by atoms with Crippen LogP contribution in [0.3, 0.4) is 0 Å². The highest BCUT2D eigenvalue weighted by Crippen LogP contribution is 2.36. The molecule has 0 saturated carbocycles. The molecule has 0 amide bonds. The number of benzene rings is 2. The molecule has 2 aromatic heterocycles. The number of nitrogens with zero attached hydrogens (tertiary/aromatic N) is 1. The van der Waals surface area contributed by atoms with Crippen LogP contribution < -0.4 is 15.0 Å². The zero-order valence-electron chi connectivity index (χ0n) is 15.8. The van der Waals surface area contributed by atoms with Crippen molar-refractivity contribution >= 4 is 16.7 Å². The Morgan fingerprint density at radius 1 is 1.00 bits per heavy atom. The molecule has 4 aromatic rings. The minimum absolute atomic E-state index is 0.180. The van der Waals surface area contributed by atoms with Gasteiger partial charge in [-0.15, -0.1) is 0 Å². The molecule has 0 spiro atoms. The molecule has 5 heteroatoms. The summed E-state index contributed by atoms with van der Waals surface area (Å²) in [6.45, 7) is 2.00. The topological polar surface area (TPSA) is 68.5 Å². The molecule has 0 aliphatic carbocycles. The maximum Gasteiger partial charge on any atom is 0.273 e. The van der Waals surface area contributed by atoms with E-state index in [1.807, 2.05) is 73.7 Å². The van der Waals surface area contributed by atoms with Gasteiger partial charge in [-0.3, -0.25) is 10.3 Å². The van der Waals surface area contributed by atoms with Gasteiger partial charge in [0.25, 0.3) is 5.82 Å². The first-order valence-corrected chi connectivity index (χ1v) is 9.12. The van der Waals surface area contributed by atoms with Crippen molar-refractivity contribution in [3.8, 4) is 11.5 Å². The Kier molecular flexibility index (Phi) is 4.81. The smallest absolute Gasteiger partial charge is 0.273 e. The standard InChI is InChI=1S/C23H21N3O2/c1-15-5-3-7-20(25-15)26-21(17-8-11-18(28-2)12-9-17)19-13-10-16-6-4-14-24-22(16)23(19)27/h3-14,21,27H,1-2H3,(H,25,26)/p+1/t21-/m1/s1. The molecule has 28 heavy (non-hydrogen) atoms. The summed E-state index contributed by atoms with van der Waals surface area (Å²) in [4.78, 5) is 7.68. The van der Waals surface area contributed by atoms with Crippen molar-refractivity contribution in [3.05, 3.63) is 89.7 Å². The van der Waals surface area contributed by atoms with Crippen LogP contribution in [0.2, 0.25) is 0 Å². The molecule has 0 fully saturated rings. The number of aromatic amines is 1. The fourth-order valence-corrected chi connectivity index (χ4v) is 3.34. The summed E-state index contributed by atoms with van der Waals surface area (Å²) >= 11 is 0. The predicted molar refractivity (Wildman–Crippen MR) is 110 cm³/mol. The molecule has 5 nitrogen and oxygen atoms in total. The first-order valence-electron chi connectivity index (χ1n) is 9.12. The molecular formula is C23H22N3O2+.